The molecular formula is C20H30N2O. The molecule has 0 bridgehead atoms. The molecule has 0 radical (unpaired) electrons. The Bertz CT molecular complexity index is 606. The first-order valence-electron chi connectivity index (χ1n) is 8.14. The van der Waals surface area contributed by atoms with Crippen LogP contribution in [0.4, 0.5) is 0 Å². The van der Waals surface area contributed by atoms with Gasteiger partial charge >= 0.3 is 0 Å². The minimum absolute atomic E-state index is 0.0704. The summed E-state index contributed by atoms with van der Waals surface area (Å²) in [4.78, 5) is 16.4. The third kappa shape index (κ3) is 6.64. The minimum Gasteiger partial charge on any atom is -0.355 e. The highest BCUT2D eigenvalue weighted by Crippen LogP contribution is 2.18. The van der Waals surface area contributed by atoms with Crippen molar-refractivity contribution in [1.82, 2.24) is 10.3 Å². The molecule has 3 nitrogen and oxygen atoms in total. The predicted molar refractivity (Wildman–Crippen MR) is 101 cm³/mol. The topological polar surface area (TPSA) is 42.0 Å². The van der Waals surface area contributed by atoms with Gasteiger partial charge in [0, 0.05) is 23.7 Å². The van der Waals surface area contributed by atoms with E-state index in [2.05, 4.69) is 51.2 Å². The summed E-state index contributed by atoms with van der Waals surface area (Å²) in [5.41, 5.74) is 2.64. The Morgan fingerprint density at radius 1 is 1.17 bits per heavy atom. The van der Waals surface area contributed by atoms with Gasteiger partial charge in [-0.05, 0) is 30.5 Å². The highest BCUT2D eigenvalue weighted by molar-refractivity contribution is 6.06. The molecule has 1 aromatic heterocycles. The highest BCUT2D eigenvalue weighted by atomic mass is 16.1. The highest BCUT2D eigenvalue weighted by Gasteiger charge is 2.09. The van der Waals surface area contributed by atoms with Crippen molar-refractivity contribution in [2.24, 2.45) is 5.92 Å². The smallest absolute Gasteiger partial charge is 0.251 e. The van der Waals surface area contributed by atoms with Crippen molar-refractivity contribution in [3.05, 3.63) is 54.7 Å². The van der Waals surface area contributed by atoms with Crippen molar-refractivity contribution < 1.29 is 4.79 Å². The van der Waals surface area contributed by atoms with Crippen LogP contribution in [0.1, 0.15) is 50.2 Å². The van der Waals surface area contributed by atoms with Gasteiger partial charge in [0.25, 0.3) is 5.91 Å². The van der Waals surface area contributed by atoms with Crippen LogP contribution in [0.5, 0.6) is 0 Å². The Kier molecular flexibility index (Phi) is 10.3. The summed E-state index contributed by atoms with van der Waals surface area (Å²) in [7, 11) is 1.64. The minimum atomic E-state index is -0.0704. The van der Waals surface area contributed by atoms with Crippen LogP contribution >= 0.6 is 0 Å². The van der Waals surface area contributed by atoms with Crippen molar-refractivity contribution >= 4 is 16.8 Å². The molecule has 23 heavy (non-hydrogen) atoms. The molecule has 0 aliphatic rings. The molecule has 0 unspecified atom stereocenters. The zero-order chi connectivity index (χ0) is 17.8. The third-order valence-corrected chi connectivity index (χ3v) is 2.88. The van der Waals surface area contributed by atoms with Gasteiger partial charge in [0.1, 0.15) is 0 Å². The maximum atomic E-state index is 11.8. The SMILES string of the molecule is C=C.CCC.CNC(=O)c1cccc2nc(CC(C)C)ccc12. The Morgan fingerprint density at radius 2 is 1.78 bits per heavy atom. The quantitative estimate of drug-likeness (QED) is 0.809. The largest absolute Gasteiger partial charge is 0.355 e. The summed E-state index contributed by atoms with van der Waals surface area (Å²) < 4.78 is 0. The number of benzene rings is 1. The van der Waals surface area contributed by atoms with Crippen LogP contribution in [0.3, 0.4) is 0 Å². The molecule has 1 aromatic carbocycles. The summed E-state index contributed by atoms with van der Waals surface area (Å²) >= 11 is 0. The van der Waals surface area contributed by atoms with E-state index in [0.717, 1.165) is 23.0 Å². The fraction of sp³-hybridized carbons (Fsp3) is 0.400. The number of amides is 1. The molecule has 0 spiro atoms. The molecular weight excluding hydrogens is 284 g/mol. The van der Waals surface area contributed by atoms with Crippen LogP contribution in [0.25, 0.3) is 10.9 Å². The van der Waals surface area contributed by atoms with Gasteiger partial charge in [0.2, 0.25) is 0 Å². The molecule has 3 heteroatoms. The third-order valence-electron chi connectivity index (χ3n) is 2.88. The van der Waals surface area contributed by atoms with Gasteiger partial charge in [-0.2, -0.15) is 0 Å². The van der Waals surface area contributed by atoms with Gasteiger partial charge < -0.3 is 5.32 Å². The lowest BCUT2D eigenvalue weighted by molar-refractivity contribution is 0.0964. The van der Waals surface area contributed by atoms with Gasteiger partial charge in [0.15, 0.2) is 0 Å². The number of nitrogens with zero attached hydrogens (tertiary/aromatic N) is 1. The van der Waals surface area contributed by atoms with E-state index in [-0.39, 0.29) is 5.91 Å². The zero-order valence-corrected chi connectivity index (χ0v) is 15.1. The van der Waals surface area contributed by atoms with Gasteiger partial charge in [-0.3, -0.25) is 9.78 Å². The second-order valence-electron chi connectivity index (χ2n) is 5.56. The van der Waals surface area contributed by atoms with Crippen molar-refractivity contribution in [2.45, 2.75) is 40.5 Å². The lowest BCUT2D eigenvalue weighted by atomic mass is 10.0. The van der Waals surface area contributed by atoms with Crippen molar-refractivity contribution in [3.8, 4) is 0 Å². The number of rotatable bonds is 3. The maximum Gasteiger partial charge on any atom is 0.251 e. The van der Waals surface area contributed by atoms with E-state index in [1.165, 1.54) is 6.42 Å². The van der Waals surface area contributed by atoms with E-state index in [0.29, 0.717) is 11.5 Å². The summed E-state index contributed by atoms with van der Waals surface area (Å²) in [6, 6.07) is 9.65. The van der Waals surface area contributed by atoms with Crippen LogP contribution in [0.2, 0.25) is 0 Å². The molecule has 0 saturated carbocycles. The first-order chi connectivity index (χ1) is 11.0. The number of pyridine rings is 1. The predicted octanol–water partition coefficient (Wildman–Crippen LogP) is 5.01. The van der Waals surface area contributed by atoms with Crippen molar-refractivity contribution in [2.75, 3.05) is 7.05 Å². The number of carbonyl (C=O) groups excluding carboxylic acids is 1. The normalized spacial score (nSPS) is 9.48. The summed E-state index contributed by atoms with van der Waals surface area (Å²) in [5.74, 6) is 0.510. The molecule has 0 aliphatic heterocycles. The molecule has 1 heterocycles. The lowest BCUT2D eigenvalue weighted by Crippen LogP contribution is -2.18. The van der Waals surface area contributed by atoms with Crippen LogP contribution in [-0.4, -0.2) is 17.9 Å². The molecule has 0 fully saturated rings. The lowest BCUT2D eigenvalue weighted by Gasteiger charge is -2.08. The fourth-order valence-electron chi connectivity index (χ4n) is 2.06. The number of fused-ring (bicyclic) bond motifs is 1. The first kappa shape index (κ1) is 20.8. The van der Waals surface area contributed by atoms with E-state index in [1.807, 2.05) is 30.3 Å². The van der Waals surface area contributed by atoms with E-state index in [4.69, 9.17) is 0 Å². The van der Waals surface area contributed by atoms with Crippen LogP contribution < -0.4 is 5.32 Å². The van der Waals surface area contributed by atoms with E-state index >= 15 is 0 Å². The average molecular weight is 314 g/mol. The van der Waals surface area contributed by atoms with Crippen molar-refractivity contribution in [3.63, 3.8) is 0 Å². The molecule has 2 rings (SSSR count). The Hall–Kier alpha value is -2.16. The second-order valence-corrected chi connectivity index (χ2v) is 5.56. The van der Waals surface area contributed by atoms with Crippen molar-refractivity contribution in [1.29, 1.82) is 0 Å². The average Bonchev–Trinajstić information content (AvgIpc) is 2.55. The molecule has 0 atom stereocenters. The number of hydrogen-bond donors (Lipinski definition) is 1. The maximum absolute atomic E-state index is 11.8. The Balaban J connectivity index is 0.000000868. The van der Waals surface area contributed by atoms with E-state index in [1.54, 1.807) is 7.05 Å². The number of carbonyl (C=O) groups is 1. The van der Waals surface area contributed by atoms with Crippen LogP contribution in [0.15, 0.2) is 43.5 Å². The Labute approximate surface area is 140 Å². The van der Waals surface area contributed by atoms with Gasteiger partial charge in [0.05, 0.1) is 5.52 Å². The van der Waals surface area contributed by atoms with Crippen LogP contribution in [0, 0.1) is 5.92 Å². The number of nitrogens with one attached hydrogen (secondary N) is 1. The molecule has 1 amide bonds. The number of hydrogen-bond acceptors (Lipinski definition) is 2. The first-order valence-corrected chi connectivity index (χ1v) is 8.14. The number of aromatic nitrogens is 1. The van der Waals surface area contributed by atoms with E-state index < -0.39 is 0 Å². The molecule has 126 valence electrons. The Morgan fingerprint density at radius 3 is 2.30 bits per heavy atom. The van der Waals surface area contributed by atoms with E-state index in [9.17, 15) is 4.79 Å². The monoisotopic (exact) mass is 314 g/mol. The molecule has 2 aromatic rings. The molecule has 0 aliphatic carbocycles. The van der Waals surface area contributed by atoms with Gasteiger partial charge in [-0.1, -0.05) is 46.2 Å². The van der Waals surface area contributed by atoms with Gasteiger partial charge in [-0.15, -0.1) is 13.2 Å². The van der Waals surface area contributed by atoms with Gasteiger partial charge in [-0.25, -0.2) is 0 Å². The van der Waals surface area contributed by atoms with Crippen LogP contribution in [-0.2, 0) is 6.42 Å². The summed E-state index contributed by atoms with van der Waals surface area (Å²) in [5, 5.41) is 3.56. The molecule has 1 N–H and O–H groups in total. The summed E-state index contributed by atoms with van der Waals surface area (Å²) in [6.45, 7) is 14.6. The summed E-state index contributed by atoms with van der Waals surface area (Å²) in [6.07, 6.45) is 2.21. The second kappa shape index (κ2) is 11.4. The zero-order valence-electron chi connectivity index (χ0n) is 15.1. The fourth-order valence-corrected chi connectivity index (χ4v) is 2.06. The standard InChI is InChI=1S/C15H18N2O.C3H8.C2H4/c1-10(2)9-11-7-8-12-13(15(18)16-3)5-4-6-14(12)17-11;1-3-2;1-2/h4-8,10H,9H2,1-3H3,(H,16,18);3H2,1-2H3;1-2H2. The molecule has 0 saturated heterocycles.